The van der Waals surface area contributed by atoms with Crippen LogP contribution >= 0.6 is 39.1 Å². The maximum Gasteiger partial charge on any atom is 0.276 e. The van der Waals surface area contributed by atoms with Gasteiger partial charge in [0.15, 0.2) is 11.5 Å². The number of nitro benzene ring substituents is 1. The highest BCUT2D eigenvalue weighted by Gasteiger charge is 2.19. The van der Waals surface area contributed by atoms with Gasteiger partial charge in [0.25, 0.3) is 15.7 Å². The van der Waals surface area contributed by atoms with E-state index in [0.29, 0.717) is 37.1 Å². The van der Waals surface area contributed by atoms with Crippen molar-refractivity contribution in [2.24, 2.45) is 5.10 Å². The maximum atomic E-state index is 12.5. The quantitative estimate of drug-likeness (QED) is 0.186. The molecular formula is C22H18BrCl2N3O6S. The summed E-state index contributed by atoms with van der Waals surface area (Å²) in [6.07, 6.45) is 1.26. The van der Waals surface area contributed by atoms with E-state index in [4.69, 9.17) is 32.7 Å². The van der Waals surface area contributed by atoms with Gasteiger partial charge in [-0.15, -0.1) is 0 Å². The Hall–Kier alpha value is -2.86. The summed E-state index contributed by atoms with van der Waals surface area (Å²) < 4.78 is 36.8. The molecule has 0 bridgehead atoms. The van der Waals surface area contributed by atoms with Gasteiger partial charge in [0, 0.05) is 27.2 Å². The lowest BCUT2D eigenvalue weighted by Gasteiger charge is -2.14. The fourth-order valence-electron chi connectivity index (χ4n) is 2.92. The number of nitro groups is 1. The van der Waals surface area contributed by atoms with Gasteiger partial charge in [-0.1, -0.05) is 35.3 Å². The van der Waals surface area contributed by atoms with E-state index in [0.717, 1.165) is 11.6 Å². The van der Waals surface area contributed by atoms with Crippen molar-refractivity contribution >= 4 is 61.1 Å². The van der Waals surface area contributed by atoms with Crippen molar-refractivity contribution in [2.45, 2.75) is 18.4 Å². The van der Waals surface area contributed by atoms with Gasteiger partial charge < -0.3 is 9.47 Å². The minimum atomic E-state index is -4.13. The third kappa shape index (κ3) is 6.63. The first kappa shape index (κ1) is 26.7. The number of sulfonamides is 1. The second kappa shape index (κ2) is 11.3. The van der Waals surface area contributed by atoms with Gasteiger partial charge in [0.05, 0.1) is 27.6 Å². The molecule has 0 radical (unpaired) electrons. The smallest absolute Gasteiger partial charge is 0.276 e. The van der Waals surface area contributed by atoms with E-state index in [9.17, 15) is 18.5 Å². The highest BCUT2D eigenvalue weighted by atomic mass is 79.9. The highest BCUT2D eigenvalue weighted by molar-refractivity contribution is 9.10. The molecule has 3 aromatic rings. The minimum Gasteiger partial charge on any atom is -0.493 e. The summed E-state index contributed by atoms with van der Waals surface area (Å²) in [4.78, 5) is 12.2. The first-order chi connectivity index (χ1) is 16.5. The Labute approximate surface area is 220 Å². The zero-order chi connectivity index (χ0) is 25.8. The molecule has 0 atom stereocenters. The zero-order valence-corrected chi connectivity index (χ0v) is 22.2. The molecule has 35 heavy (non-hydrogen) atoms. The van der Waals surface area contributed by atoms with Crippen LogP contribution in [0.15, 0.2) is 63.0 Å². The van der Waals surface area contributed by atoms with Crippen molar-refractivity contribution in [3.8, 4) is 11.5 Å². The molecule has 0 amide bonds. The molecule has 0 fully saturated rings. The van der Waals surface area contributed by atoms with E-state index in [1.807, 2.05) is 4.83 Å². The second-order valence-corrected chi connectivity index (χ2v) is 10.5. The molecule has 0 unspecified atom stereocenters. The Morgan fingerprint density at radius 2 is 1.91 bits per heavy atom. The van der Waals surface area contributed by atoms with Crippen LogP contribution in [0.3, 0.4) is 0 Å². The predicted octanol–water partition coefficient (Wildman–Crippen LogP) is 5.87. The van der Waals surface area contributed by atoms with Crippen LogP contribution < -0.4 is 14.3 Å². The summed E-state index contributed by atoms with van der Waals surface area (Å²) in [5.41, 5.74) is 1.25. The number of methoxy groups -OCH3 is 1. The first-order valence-electron chi connectivity index (χ1n) is 9.76. The fraction of sp³-hybridized carbons (Fsp3) is 0.136. The maximum absolute atomic E-state index is 12.5. The number of nitrogens with zero attached hydrogens (tertiary/aromatic N) is 2. The Kier molecular flexibility index (Phi) is 8.60. The molecule has 1 N–H and O–H groups in total. The van der Waals surface area contributed by atoms with Crippen molar-refractivity contribution in [1.29, 1.82) is 0 Å². The van der Waals surface area contributed by atoms with Crippen LogP contribution in [0, 0.1) is 17.0 Å². The molecule has 0 saturated carbocycles. The number of ether oxygens (including phenoxy) is 2. The number of benzene rings is 3. The highest BCUT2D eigenvalue weighted by Crippen LogP contribution is 2.37. The number of hydrogen-bond acceptors (Lipinski definition) is 7. The molecule has 0 spiro atoms. The van der Waals surface area contributed by atoms with E-state index < -0.39 is 14.9 Å². The Morgan fingerprint density at radius 3 is 2.57 bits per heavy atom. The molecule has 0 saturated heterocycles. The topological polar surface area (TPSA) is 120 Å². The van der Waals surface area contributed by atoms with Crippen molar-refractivity contribution in [3.63, 3.8) is 0 Å². The Balaban J connectivity index is 1.77. The molecule has 13 heteroatoms. The van der Waals surface area contributed by atoms with E-state index in [1.165, 1.54) is 32.4 Å². The lowest BCUT2D eigenvalue weighted by Crippen LogP contribution is -2.18. The number of hydrazone groups is 1. The van der Waals surface area contributed by atoms with Crippen LogP contribution in [0.5, 0.6) is 11.5 Å². The molecule has 0 aliphatic heterocycles. The molecule has 184 valence electrons. The zero-order valence-electron chi connectivity index (χ0n) is 18.3. The van der Waals surface area contributed by atoms with Crippen molar-refractivity contribution < 1.29 is 22.8 Å². The van der Waals surface area contributed by atoms with Crippen molar-refractivity contribution in [1.82, 2.24) is 4.83 Å². The summed E-state index contributed by atoms with van der Waals surface area (Å²) in [6.45, 7) is 1.67. The average molecular weight is 603 g/mol. The second-order valence-electron chi connectivity index (χ2n) is 7.12. The summed E-state index contributed by atoms with van der Waals surface area (Å²) >= 11 is 15.5. The van der Waals surface area contributed by atoms with Crippen LogP contribution in [0.4, 0.5) is 5.69 Å². The number of hydrogen-bond donors (Lipinski definition) is 1. The Morgan fingerprint density at radius 1 is 1.17 bits per heavy atom. The van der Waals surface area contributed by atoms with Gasteiger partial charge in [0.1, 0.15) is 6.61 Å². The molecular weight excluding hydrogens is 585 g/mol. The molecule has 0 aliphatic rings. The van der Waals surface area contributed by atoms with E-state index >= 15 is 0 Å². The number of aryl methyl sites for hydroxylation is 1. The number of rotatable bonds is 9. The summed E-state index contributed by atoms with van der Waals surface area (Å²) in [6, 6.07) is 11.9. The molecule has 3 rings (SSSR count). The standard InChI is InChI=1S/C22H18BrCl2N3O6S/c1-13-3-6-17(10-20(13)28(29)30)35(31,32)27-26-11-14-7-18(23)22(21(8-14)33-2)34-12-15-4-5-16(24)9-19(15)25/h3-11,27H,12H2,1-2H3/b26-11-. The number of nitrogens with one attached hydrogen (secondary N) is 1. The van der Waals surface area contributed by atoms with Gasteiger partial charge >= 0.3 is 0 Å². The third-order valence-corrected chi connectivity index (χ3v) is 7.11. The Bertz CT molecular complexity index is 1420. The molecule has 0 aliphatic carbocycles. The van der Waals surface area contributed by atoms with Gasteiger partial charge in [0.2, 0.25) is 0 Å². The normalized spacial score (nSPS) is 11.5. The van der Waals surface area contributed by atoms with Crippen LogP contribution in [-0.4, -0.2) is 26.7 Å². The van der Waals surface area contributed by atoms with Gasteiger partial charge in [-0.05, 0) is 58.7 Å². The monoisotopic (exact) mass is 601 g/mol. The van der Waals surface area contributed by atoms with Crippen LogP contribution in [0.2, 0.25) is 10.0 Å². The average Bonchev–Trinajstić information content (AvgIpc) is 2.79. The van der Waals surface area contributed by atoms with Crippen molar-refractivity contribution in [2.75, 3.05) is 7.11 Å². The molecule has 3 aromatic carbocycles. The van der Waals surface area contributed by atoms with Crippen LogP contribution in [0.25, 0.3) is 0 Å². The minimum absolute atomic E-state index is 0.154. The largest absolute Gasteiger partial charge is 0.493 e. The van der Waals surface area contributed by atoms with Gasteiger partial charge in [-0.3, -0.25) is 10.1 Å². The summed E-state index contributed by atoms with van der Waals surface area (Å²) in [5, 5.41) is 15.8. The number of halogens is 3. The lowest BCUT2D eigenvalue weighted by atomic mass is 10.2. The van der Waals surface area contributed by atoms with Gasteiger partial charge in [-0.2, -0.15) is 13.5 Å². The molecule has 0 aromatic heterocycles. The SMILES string of the molecule is COc1cc(/C=N\NS(=O)(=O)c2ccc(C)c([N+](=O)[O-])c2)cc(Br)c1OCc1ccc(Cl)cc1Cl. The summed E-state index contributed by atoms with van der Waals surface area (Å²) in [7, 11) is -2.67. The summed E-state index contributed by atoms with van der Waals surface area (Å²) in [5.74, 6) is 0.770. The lowest BCUT2D eigenvalue weighted by molar-refractivity contribution is -0.385. The fourth-order valence-corrected chi connectivity index (χ4v) is 4.77. The van der Waals surface area contributed by atoms with E-state index in [2.05, 4.69) is 21.0 Å². The first-order valence-corrected chi connectivity index (χ1v) is 12.8. The van der Waals surface area contributed by atoms with Crippen molar-refractivity contribution in [3.05, 3.63) is 89.9 Å². The van der Waals surface area contributed by atoms with Crippen LogP contribution in [-0.2, 0) is 16.6 Å². The van der Waals surface area contributed by atoms with Crippen LogP contribution in [0.1, 0.15) is 16.7 Å². The van der Waals surface area contributed by atoms with E-state index in [-0.39, 0.29) is 17.2 Å². The van der Waals surface area contributed by atoms with Gasteiger partial charge in [-0.25, -0.2) is 4.83 Å². The molecule has 9 nitrogen and oxygen atoms in total. The third-order valence-electron chi connectivity index (χ3n) is 4.71. The predicted molar refractivity (Wildman–Crippen MR) is 137 cm³/mol. The van der Waals surface area contributed by atoms with E-state index in [1.54, 1.807) is 30.3 Å². The molecule has 0 heterocycles.